The van der Waals surface area contributed by atoms with Gasteiger partial charge in [0.1, 0.15) is 6.04 Å². The molecular weight excluding hydrogens is 390 g/mol. The molecule has 1 heterocycles. The van der Waals surface area contributed by atoms with Crippen LogP contribution < -0.4 is 10.6 Å². The highest BCUT2D eigenvalue weighted by Crippen LogP contribution is 2.25. The molecule has 4 nitrogen and oxygen atoms in total. The van der Waals surface area contributed by atoms with E-state index in [1.54, 1.807) is 0 Å². The molecule has 2 N–H and O–H groups in total. The van der Waals surface area contributed by atoms with Gasteiger partial charge in [0.25, 0.3) is 5.91 Å². The molecule has 0 aliphatic carbocycles. The second-order valence-electron chi connectivity index (χ2n) is 7.14. The first-order valence-corrected chi connectivity index (χ1v) is 10.7. The lowest BCUT2D eigenvalue weighted by Crippen LogP contribution is -2.27. The number of carbonyl (C=O) groups excluding carboxylic acids is 1. The Bertz CT molecular complexity index is 1090. The summed E-state index contributed by atoms with van der Waals surface area (Å²) in [4.78, 5) is 18.7. The minimum absolute atomic E-state index is 0.137. The Morgan fingerprint density at radius 2 is 1.60 bits per heavy atom. The summed E-state index contributed by atoms with van der Waals surface area (Å²) >= 11 is 1.51. The topological polar surface area (TPSA) is 54.0 Å². The van der Waals surface area contributed by atoms with E-state index in [1.165, 1.54) is 22.5 Å². The van der Waals surface area contributed by atoms with E-state index in [0.717, 1.165) is 22.5 Å². The van der Waals surface area contributed by atoms with Crippen molar-refractivity contribution in [2.24, 2.45) is 0 Å². The molecular formula is C25H23N3OS. The summed E-state index contributed by atoms with van der Waals surface area (Å²) in [6, 6.07) is 27.5. The molecule has 150 valence electrons. The zero-order chi connectivity index (χ0) is 20.8. The number of aryl methyl sites for hydroxylation is 1. The van der Waals surface area contributed by atoms with Gasteiger partial charge in [0.05, 0.1) is 0 Å². The van der Waals surface area contributed by atoms with Crippen molar-refractivity contribution in [1.29, 1.82) is 0 Å². The Morgan fingerprint density at radius 1 is 0.933 bits per heavy atom. The average molecular weight is 414 g/mol. The minimum Gasteiger partial charge on any atom is -0.370 e. The van der Waals surface area contributed by atoms with Crippen LogP contribution in [-0.4, -0.2) is 10.9 Å². The number of benzene rings is 3. The van der Waals surface area contributed by atoms with E-state index in [9.17, 15) is 4.79 Å². The number of amides is 1. The van der Waals surface area contributed by atoms with Crippen molar-refractivity contribution in [2.75, 3.05) is 10.6 Å². The fourth-order valence-corrected chi connectivity index (χ4v) is 4.03. The van der Waals surface area contributed by atoms with E-state index >= 15 is 0 Å². The van der Waals surface area contributed by atoms with E-state index < -0.39 is 6.04 Å². The molecule has 0 aliphatic rings. The molecule has 0 aliphatic heterocycles. The molecule has 4 rings (SSSR count). The summed E-state index contributed by atoms with van der Waals surface area (Å²) in [5.74, 6) is -0.137. The van der Waals surface area contributed by atoms with Gasteiger partial charge in [0.15, 0.2) is 5.13 Å². The third-order valence-electron chi connectivity index (χ3n) is 4.76. The lowest BCUT2D eigenvalue weighted by Gasteiger charge is -2.19. The fourth-order valence-electron chi connectivity index (χ4n) is 3.18. The number of nitrogens with one attached hydrogen (secondary N) is 2. The fraction of sp³-hybridized carbons (Fsp3) is 0.120. The van der Waals surface area contributed by atoms with Crippen molar-refractivity contribution in [2.45, 2.75) is 19.4 Å². The number of anilines is 2. The summed E-state index contributed by atoms with van der Waals surface area (Å²) in [5, 5.41) is 6.95. The number of nitrogens with zero attached hydrogens (tertiary/aromatic N) is 1. The Balaban J connectivity index is 1.50. The van der Waals surface area contributed by atoms with E-state index in [1.807, 2.05) is 85.9 Å². The number of thiazole rings is 1. The van der Waals surface area contributed by atoms with Gasteiger partial charge in [-0.15, -0.1) is 11.3 Å². The van der Waals surface area contributed by atoms with Gasteiger partial charge in [-0.3, -0.25) is 10.1 Å². The summed E-state index contributed by atoms with van der Waals surface area (Å²) in [6.07, 6.45) is 2.64. The van der Waals surface area contributed by atoms with Gasteiger partial charge in [-0.05, 0) is 30.2 Å². The Kier molecular flexibility index (Phi) is 6.20. The van der Waals surface area contributed by atoms with E-state index in [-0.39, 0.29) is 5.91 Å². The maximum atomic E-state index is 13.1. The lowest BCUT2D eigenvalue weighted by molar-refractivity contribution is -0.117. The van der Waals surface area contributed by atoms with Gasteiger partial charge >= 0.3 is 0 Å². The molecule has 1 unspecified atom stereocenters. The Hall–Kier alpha value is -3.44. The van der Waals surface area contributed by atoms with Crippen LogP contribution in [0.25, 0.3) is 0 Å². The third-order valence-corrected chi connectivity index (χ3v) is 5.68. The Labute approximate surface area is 180 Å². The third kappa shape index (κ3) is 5.13. The number of carbonyl (C=O) groups is 1. The van der Waals surface area contributed by atoms with Crippen molar-refractivity contribution in [3.63, 3.8) is 0 Å². The number of hydrogen-bond donors (Lipinski definition) is 2. The van der Waals surface area contributed by atoms with Crippen molar-refractivity contribution in [3.05, 3.63) is 113 Å². The van der Waals surface area contributed by atoms with E-state index in [4.69, 9.17) is 0 Å². The molecule has 3 aromatic carbocycles. The van der Waals surface area contributed by atoms with E-state index in [2.05, 4.69) is 27.8 Å². The summed E-state index contributed by atoms with van der Waals surface area (Å²) in [6.45, 7) is 2.04. The van der Waals surface area contributed by atoms with Crippen LogP contribution in [0.4, 0.5) is 10.8 Å². The first-order valence-electron chi connectivity index (χ1n) is 9.85. The van der Waals surface area contributed by atoms with Gasteiger partial charge in [-0.2, -0.15) is 0 Å². The lowest BCUT2D eigenvalue weighted by atomic mass is 10.1. The highest BCUT2D eigenvalue weighted by atomic mass is 32.1. The molecule has 30 heavy (non-hydrogen) atoms. The standard InChI is InChI=1S/C25H23N3OS/c1-18-12-14-21(15-13-18)27-23(20-10-6-3-7-11-20)24(29)28-25-26-17-22(30-25)16-19-8-4-2-5-9-19/h2-15,17,23,27H,16H2,1H3,(H,26,28,29). The molecule has 0 saturated carbocycles. The van der Waals surface area contributed by atoms with Crippen molar-refractivity contribution < 1.29 is 4.79 Å². The first kappa shape index (κ1) is 19.9. The predicted octanol–water partition coefficient (Wildman–Crippen LogP) is 5.83. The van der Waals surface area contributed by atoms with Crippen molar-refractivity contribution in [3.8, 4) is 0 Å². The maximum Gasteiger partial charge on any atom is 0.253 e. The molecule has 1 amide bonds. The van der Waals surface area contributed by atoms with Crippen LogP contribution in [0.3, 0.4) is 0 Å². The summed E-state index contributed by atoms with van der Waals surface area (Å²) in [7, 11) is 0. The smallest absolute Gasteiger partial charge is 0.253 e. The van der Waals surface area contributed by atoms with Crippen LogP contribution in [0.1, 0.15) is 27.6 Å². The number of rotatable bonds is 7. The molecule has 4 aromatic rings. The van der Waals surface area contributed by atoms with Crippen LogP contribution in [0, 0.1) is 6.92 Å². The second kappa shape index (κ2) is 9.37. The summed E-state index contributed by atoms with van der Waals surface area (Å²) < 4.78 is 0. The quantitative estimate of drug-likeness (QED) is 0.400. The molecule has 0 saturated heterocycles. The van der Waals surface area contributed by atoms with Crippen LogP contribution >= 0.6 is 11.3 Å². The highest BCUT2D eigenvalue weighted by molar-refractivity contribution is 7.15. The van der Waals surface area contributed by atoms with Gasteiger partial charge in [-0.1, -0.05) is 78.4 Å². The zero-order valence-corrected chi connectivity index (χ0v) is 17.5. The molecule has 1 aromatic heterocycles. The SMILES string of the molecule is Cc1ccc(NC(C(=O)Nc2ncc(Cc3ccccc3)s2)c2ccccc2)cc1. The van der Waals surface area contributed by atoms with Gasteiger partial charge < -0.3 is 5.32 Å². The molecule has 0 radical (unpaired) electrons. The molecule has 0 spiro atoms. The largest absolute Gasteiger partial charge is 0.370 e. The highest BCUT2D eigenvalue weighted by Gasteiger charge is 2.21. The van der Waals surface area contributed by atoms with Crippen LogP contribution in [-0.2, 0) is 11.2 Å². The van der Waals surface area contributed by atoms with Gasteiger partial charge in [0.2, 0.25) is 0 Å². The van der Waals surface area contributed by atoms with Crippen molar-refractivity contribution >= 4 is 28.1 Å². The average Bonchev–Trinajstić information content (AvgIpc) is 3.21. The maximum absolute atomic E-state index is 13.1. The predicted molar refractivity (Wildman–Crippen MR) is 124 cm³/mol. The zero-order valence-electron chi connectivity index (χ0n) is 16.7. The van der Waals surface area contributed by atoms with Gasteiger partial charge in [0, 0.05) is 23.2 Å². The monoisotopic (exact) mass is 413 g/mol. The minimum atomic E-state index is -0.518. The van der Waals surface area contributed by atoms with Gasteiger partial charge in [-0.25, -0.2) is 4.98 Å². The Morgan fingerprint density at radius 3 is 2.30 bits per heavy atom. The van der Waals surface area contributed by atoms with Crippen LogP contribution in [0.15, 0.2) is 91.1 Å². The second-order valence-corrected chi connectivity index (χ2v) is 8.25. The number of aromatic nitrogens is 1. The molecule has 0 bridgehead atoms. The van der Waals surface area contributed by atoms with Crippen LogP contribution in [0.2, 0.25) is 0 Å². The first-order chi connectivity index (χ1) is 14.7. The molecule has 5 heteroatoms. The molecule has 0 fully saturated rings. The van der Waals surface area contributed by atoms with Crippen LogP contribution in [0.5, 0.6) is 0 Å². The summed E-state index contributed by atoms with van der Waals surface area (Å²) in [5.41, 5.74) is 4.20. The normalized spacial score (nSPS) is 11.6. The van der Waals surface area contributed by atoms with E-state index in [0.29, 0.717) is 5.13 Å². The number of hydrogen-bond acceptors (Lipinski definition) is 4. The van der Waals surface area contributed by atoms with Crippen molar-refractivity contribution in [1.82, 2.24) is 4.98 Å². The molecule has 1 atom stereocenters.